The minimum Gasteiger partial charge on any atom is -0.338 e. The summed E-state index contributed by atoms with van der Waals surface area (Å²) >= 11 is 12.2. The molecule has 0 bridgehead atoms. The summed E-state index contributed by atoms with van der Waals surface area (Å²) in [4.78, 5) is 14.6. The largest absolute Gasteiger partial charge is 0.338 e. The van der Waals surface area contributed by atoms with Crippen LogP contribution < -0.4 is 0 Å². The van der Waals surface area contributed by atoms with Gasteiger partial charge < -0.3 is 4.90 Å². The molecule has 0 aromatic heterocycles. The van der Waals surface area contributed by atoms with Gasteiger partial charge >= 0.3 is 0 Å². The average Bonchev–Trinajstić information content (AvgIpc) is 2.71. The molecule has 3 rings (SSSR count). The second-order valence-corrected chi connectivity index (χ2v) is 9.90. The zero-order valence-corrected chi connectivity index (χ0v) is 18.9. The first-order valence-corrected chi connectivity index (χ1v) is 11.9. The Morgan fingerprint density at radius 3 is 2.30 bits per heavy atom. The molecule has 0 radical (unpaired) electrons. The zero-order valence-electron chi connectivity index (χ0n) is 16.5. The van der Waals surface area contributed by atoms with Crippen LogP contribution in [0.25, 0.3) is 0 Å². The quantitative estimate of drug-likeness (QED) is 0.617. The van der Waals surface area contributed by atoms with Crippen molar-refractivity contribution < 1.29 is 17.6 Å². The molecule has 1 heterocycles. The lowest BCUT2D eigenvalue weighted by Gasteiger charge is -2.33. The van der Waals surface area contributed by atoms with Crippen LogP contribution in [0, 0.1) is 11.7 Å². The molecule has 1 aliphatic rings. The molecular formula is C21H23Cl2FN2O3S. The van der Waals surface area contributed by atoms with Gasteiger partial charge in [0.25, 0.3) is 0 Å². The summed E-state index contributed by atoms with van der Waals surface area (Å²) in [5.41, 5.74) is 0.721. The van der Waals surface area contributed by atoms with Crippen molar-refractivity contribution in [3.05, 3.63) is 63.9 Å². The molecule has 0 N–H and O–H groups in total. The Balaban J connectivity index is 1.67. The molecule has 0 aliphatic carbocycles. The Hall–Kier alpha value is -1.67. The SMILES string of the molecule is CCN(Cc1cccc(F)c1)C(=O)C1CCN(S(=O)(=O)c2c(Cl)cccc2Cl)CC1. The highest BCUT2D eigenvalue weighted by molar-refractivity contribution is 7.89. The highest BCUT2D eigenvalue weighted by Gasteiger charge is 2.35. The Morgan fingerprint density at radius 2 is 1.73 bits per heavy atom. The monoisotopic (exact) mass is 472 g/mol. The Labute approximate surface area is 186 Å². The third-order valence-corrected chi connectivity index (χ3v) is 8.13. The van der Waals surface area contributed by atoms with Gasteiger partial charge in [0.2, 0.25) is 15.9 Å². The molecule has 0 atom stereocenters. The van der Waals surface area contributed by atoms with Gasteiger partial charge in [0.15, 0.2) is 0 Å². The van der Waals surface area contributed by atoms with Gasteiger partial charge in [-0.1, -0.05) is 41.4 Å². The summed E-state index contributed by atoms with van der Waals surface area (Å²) in [5.74, 6) is -0.672. The van der Waals surface area contributed by atoms with Gasteiger partial charge in [-0.2, -0.15) is 4.31 Å². The van der Waals surface area contributed by atoms with E-state index in [4.69, 9.17) is 23.2 Å². The highest BCUT2D eigenvalue weighted by atomic mass is 35.5. The first-order chi connectivity index (χ1) is 14.2. The maximum Gasteiger partial charge on any atom is 0.246 e. The summed E-state index contributed by atoms with van der Waals surface area (Å²) in [6, 6.07) is 10.7. The van der Waals surface area contributed by atoms with E-state index in [0.717, 1.165) is 5.56 Å². The normalized spacial score (nSPS) is 15.9. The van der Waals surface area contributed by atoms with Gasteiger partial charge in [0, 0.05) is 32.1 Å². The summed E-state index contributed by atoms with van der Waals surface area (Å²) in [5, 5.41) is 0.154. The van der Waals surface area contributed by atoms with Crippen LogP contribution in [0.2, 0.25) is 10.0 Å². The van der Waals surface area contributed by atoms with E-state index in [1.165, 1.54) is 28.6 Å². The molecule has 0 unspecified atom stereocenters. The third-order valence-electron chi connectivity index (χ3n) is 5.28. The molecule has 1 amide bonds. The Bertz CT molecular complexity index is 1000. The number of hydrogen-bond donors (Lipinski definition) is 0. The third kappa shape index (κ3) is 4.97. The number of nitrogens with zero attached hydrogens (tertiary/aromatic N) is 2. The van der Waals surface area contributed by atoms with Gasteiger partial charge in [0.05, 0.1) is 10.0 Å². The fourth-order valence-corrected chi connectivity index (χ4v) is 6.22. The highest BCUT2D eigenvalue weighted by Crippen LogP contribution is 2.33. The minimum atomic E-state index is -3.85. The zero-order chi connectivity index (χ0) is 21.9. The van der Waals surface area contributed by atoms with E-state index in [0.29, 0.717) is 25.9 Å². The maximum atomic E-state index is 13.4. The Morgan fingerprint density at radius 1 is 1.13 bits per heavy atom. The standard InChI is InChI=1S/C21H23Cl2FN2O3S/c1-2-25(14-15-5-3-6-17(24)13-15)21(27)16-9-11-26(12-10-16)30(28,29)20-18(22)7-4-8-19(20)23/h3-8,13,16H,2,9-12,14H2,1H3. The van der Waals surface area contributed by atoms with Crippen LogP contribution in [0.4, 0.5) is 4.39 Å². The van der Waals surface area contributed by atoms with Crippen molar-refractivity contribution in [2.24, 2.45) is 5.92 Å². The van der Waals surface area contributed by atoms with E-state index < -0.39 is 10.0 Å². The number of piperidine rings is 1. The molecule has 0 spiro atoms. The number of halogens is 3. The van der Waals surface area contributed by atoms with E-state index in [9.17, 15) is 17.6 Å². The van der Waals surface area contributed by atoms with Gasteiger partial charge in [-0.25, -0.2) is 12.8 Å². The molecule has 0 saturated carbocycles. The summed E-state index contributed by atoms with van der Waals surface area (Å²) in [7, 11) is -3.85. The summed E-state index contributed by atoms with van der Waals surface area (Å²) in [6.07, 6.45) is 0.805. The van der Waals surface area contributed by atoms with Crippen LogP contribution in [0.15, 0.2) is 47.4 Å². The number of sulfonamides is 1. The van der Waals surface area contributed by atoms with E-state index in [-0.39, 0.29) is 45.7 Å². The Kier molecular flexibility index (Phi) is 7.39. The first kappa shape index (κ1) is 23.0. The fraction of sp³-hybridized carbons (Fsp3) is 0.381. The second kappa shape index (κ2) is 9.64. The van der Waals surface area contributed by atoms with Gasteiger partial charge in [0.1, 0.15) is 10.7 Å². The van der Waals surface area contributed by atoms with E-state index in [2.05, 4.69) is 0 Å². The van der Waals surface area contributed by atoms with Crippen molar-refractivity contribution >= 4 is 39.1 Å². The van der Waals surface area contributed by atoms with Crippen molar-refractivity contribution in [3.8, 4) is 0 Å². The van der Waals surface area contributed by atoms with Crippen molar-refractivity contribution in [1.82, 2.24) is 9.21 Å². The van der Waals surface area contributed by atoms with Gasteiger partial charge in [-0.3, -0.25) is 4.79 Å². The number of rotatable bonds is 6. The molecule has 1 fully saturated rings. The minimum absolute atomic E-state index is 0.0467. The molecule has 1 saturated heterocycles. The van der Waals surface area contributed by atoms with E-state index in [1.807, 2.05) is 6.92 Å². The number of carbonyl (C=O) groups excluding carboxylic acids is 1. The lowest BCUT2D eigenvalue weighted by Crippen LogP contribution is -2.44. The van der Waals surface area contributed by atoms with Crippen LogP contribution in [-0.4, -0.2) is 43.2 Å². The van der Waals surface area contributed by atoms with E-state index >= 15 is 0 Å². The molecule has 162 valence electrons. The molecule has 9 heteroatoms. The average molecular weight is 473 g/mol. The van der Waals surface area contributed by atoms with Crippen LogP contribution in [-0.2, 0) is 21.4 Å². The number of amides is 1. The van der Waals surface area contributed by atoms with Crippen molar-refractivity contribution in [1.29, 1.82) is 0 Å². The molecular weight excluding hydrogens is 450 g/mol. The second-order valence-electron chi connectivity index (χ2n) is 7.21. The van der Waals surface area contributed by atoms with Crippen molar-refractivity contribution in [3.63, 3.8) is 0 Å². The van der Waals surface area contributed by atoms with Crippen LogP contribution >= 0.6 is 23.2 Å². The molecule has 30 heavy (non-hydrogen) atoms. The summed E-state index contributed by atoms with van der Waals surface area (Å²) in [6.45, 7) is 3.09. The van der Waals surface area contributed by atoms with Crippen LogP contribution in [0.1, 0.15) is 25.3 Å². The van der Waals surface area contributed by atoms with Crippen LogP contribution in [0.3, 0.4) is 0 Å². The first-order valence-electron chi connectivity index (χ1n) is 9.71. The molecule has 2 aromatic rings. The fourth-order valence-electron chi connectivity index (χ4n) is 3.66. The van der Waals surface area contributed by atoms with Gasteiger partial charge in [-0.05, 0) is 49.6 Å². The molecule has 1 aliphatic heterocycles. The number of hydrogen-bond acceptors (Lipinski definition) is 3. The molecule has 2 aromatic carbocycles. The van der Waals surface area contributed by atoms with E-state index in [1.54, 1.807) is 23.1 Å². The van der Waals surface area contributed by atoms with Gasteiger partial charge in [-0.15, -0.1) is 0 Å². The van der Waals surface area contributed by atoms with Crippen molar-refractivity contribution in [2.45, 2.75) is 31.2 Å². The maximum absolute atomic E-state index is 13.4. The number of benzene rings is 2. The smallest absolute Gasteiger partial charge is 0.246 e. The van der Waals surface area contributed by atoms with Crippen molar-refractivity contribution in [2.75, 3.05) is 19.6 Å². The predicted molar refractivity (Wildman–Crippen MR) is 115 cm³/mol. The van der Waals surface area contributed by atoms with Crippen LogP contribution in [0.5, 0.6) is 0 Å². The lowest BCUT2D eigenvalue weighted by atomic mass is 9.96. The topological polar surface area (TPSA) is 57.7 Å². The molecule has 5 nitrogen and oxygen atoms in total. The summed E-state index contributed by atoms with van der Waals surface area (Å²) < 4.78 is 40.8. The predicted octanol–water partition coefficient (Wildman–Crippen LogP) is 4.58. The number of carbonyl (C=O) groups is 1. The lowest BCUT2D eigenvalue weighted by molar-refractivity contribution is -0.137.